The lowest BCUT2D eigenvalue weighted by Gasteiger charge is -2.09. The van der Waals surface area contributed by atoms with Crippen LogP contribution in [0, 0.1) is 6.92 Å². The Morgan fingerprint density at radius 2 is 1.96 bits per heavy atom. The van der Waals surface area contributed by atoms with Crippen molar-refractivity contribution in [2.75, 3.05) is 13.2 Å². The number of nitrogens with one attached hydrogen (secondary N) is 2. The van der Waals surface area contributed by atoms with Gasteiger partial charge >= 0.3 is 0 Å². The molecule has 1 heterocycles. The van der Waals surface area contributed by atoms with Crippen molar-refractivity contribution in [1.82, 2.24) is 15.5 Å². The van der Waals surface area contributed by atoms with Crippen LogP contribution in [-0.2, 0) is 11.2 Å². The molecule has 128 valence electrons. The van der Waals surface area contributed by atoms with E-state index >= 15 is 0 Å². The van der Waals surface area contributed by atoms with Crippen molar-refractivity contribution in [3.05, 3.63) is 70.1 Å². The van der Waals surface area contributed by atoms with Crippen molar-refractivity contribution in [3.8, 4) is 5.75 Å². The highest BCUT2D eigenvalue weighted by Crippen LogP contribution is 2.13. The summed E-state index contributed by atoms with van der Waals surface area (Å²) in [5.74, 6) is 0.611. The normalized spacial score (nSPS) is 10.6. The quantitative estimate of drug-likeness (QED) is 0.674. The number of fused-ring (bicyclic) bond motifs is 1. The Balaban J connectivity index is 1.55. The first-order valence-electron chi connectivity index (χ1n) is 8.06. The molecule has 1 amide bonds. The zero-order valence-corrected chi connectivity index (χ0v) is 13.9. The van der Waals surface area contributed by atoms with Crippen molar-refractivity contribution in [2.45, 2.75) is 13.3 Å². The number of benzene rings is 2. The van der Waals surface area contributed by atoms with Gasteiger partial charge in [-0.05, 0) is 30.7 Å². The van der Waals surface area contributed by atoms with Gasteiger partial charge in [0, 0.05) is 5.39 Å². The van der Waals surface area contributed by atoms with Gasteiger partial charge in [-0.3, -0.25) is 9.59 Å². The maximum Gasteiger partial charge on any atom is 0.272 e. The molecule has 2 N–H and O–H groups in total. The van der Waals surface area contributed by atoms with Crippen LogP contribution in [-0.4, -0.2) is 29.3 Å². The van der Waals surface area contributed by atoms with Gasteiger partial charge in [-0.2, -0.15) is 5.10 Å². The van der Waals surface area contributed by atoms with Gasteiger partial charge in [0.2, 0.25) is 5.91 Å². The van der Waals surface area contributed by atoms with Crippen LogP contribution in [0.2, 0.25) is 0 Å². The molecular weight excluding hydrogens is 318 g/mol. The molecule has 6 nitrogen and oxygen atoms in total. The molecule has 3 aromatic rings. The number of hydrogen-bond donors (Lipinski definition) is 2. The van der Waals surface area contributed by atoms with E-state index in [0.29, 0.717) is 29.6 Å². The maximum absolute atomic E-state index is 12.1. The average Bonchev–Trinajstić information content (AvgIpc) is 2.61. The molecule has 1 aromatic heterocycles. The number of nitrogens with zero attached hydrogens (tertiary/aromatic N) is 1. The molecule has 0 saturated heterocycles. The number of aromatic amines is 1. The Morgan fingerprint density at radius 3 is 2.76 bits per heavy atom. The molecule has 6 heteroatoms. The summed E-state index contributed by atoms with van der Waals surface area (Å²) in [6.07, 6.45) is 0.0989. The number of amides is 1. The van der Waals surface area contributed by atoms with Crippen molar-refractivity contribution >= 4 is 16.7 Å². The number of aromatic nitrogens is 2. The Morgan fingerprint density at radius 1 is 1.16 bits per heavy atom. The maximum atomic E-state index is 12.1. The number of hydrogen-bond acceptors (Lipinski definition) is 4. The molecular formula is C19H19N3O3. The van der Waals surface area contributed by atoms with Crippen LogP contribution in [0.5, 0.6) is 5.75 Å². The third-order valence-electron chi connectivity index (χ3n) is 3.79. The largest absolute Gasteiger partial charge is 0.492 e. The third-order valence-corrected chi connectivity index (χ3v) is 3.79. The summed E-state index contributed by atoms with van der Waals surface area (Å²) in [5, 5.41) is 10.5. The molecule has 0 unspecified atom stereocenters. The van der Waals surface area contributed by atoms with E-state index in [1.165, 1.54) is 0 Å². The lowest BCUT2D eigenvalue weighted by Crippen LogP contribution is -2.30. The van der Waals surface area contributed by atoms with Gasteiger partial charge in [-0.15, -0.1) is 0 Å². The molecule has 0 atom stereocenters. The Kier molecular flexibility index (Phi) is 5.09. The molecule has 0 saturated carbocycles. The number of H-pyrrole nitrogens is 1. The van der Waals surface area contributed by atoms with Crippen molar-refractivity contribution in [3.63, 3.8) is 0 Å². The second kappa shape index (κ2) is 7.61. The summed E-state index contributed by atoms with van der Waals surface area (Å²) >= 11 is 0. The number of rotatable bonds is 6. The van der Waals surface area contributed by atoms with E-state index in [0.717, 1.165) is 11.3 Å². The van der Waals surface area contributed by atoms with E-state index in [-0.39, 0.29) is 17.9 Å². The minimum atomic E-state index is -0.258. The SMILES string of the molecule is Cc1cccc(OCCNC(=O)Cc2n[nH]c(=O)c3ccccc23)c1. The van der Waals surface area contributed by atoms with Gasteiger partial charge in [0.25, 0.3) is 5.56 Å². The fraction of sp³-hybridized carbons (Fsp3) is 0.211. The van der Waals surface area contributed by atoms with E-state index in [1.54, 1.807) is 18.2 Å². The van der Waals surface area contributed by atoms with Crippen LogP contribution in [0.3, 0.4) is 0 Å². The van der Waals surface area contributed by atoms with Crippen LogP contribution in [0.25, 0.3) is 10.8 Å². The van der Waals surface area contributed by atoms with Crippen LogP contribution in [0.1, 0.15) is 11.3 Å². The topological polar surface area (TPSA) is 84.1 Å². The predicted octanol–water partition coefficient (Wildman–Crippen LogP) is 1.97. The van der Waals surface area contributed by atoms with Crippen LogP contribution >= 0.6 is 0 Å². The highest BCUT2D eigenvalue weighted by molar-refractivity contribution is 5.88. The molecule has 25 heavy (non-hydrogen) atoms. The summed E-state index contributed by atoms with van der Waals surface area (Å²) in [7, 11) is 0. The molecule has 0 aliphatic carbocycles. The van der Waals surface area contributed by atoms with E-state index in [4.69, 9.17) is 4.74 Å². The van der Waals surface area contributed by atoms with Crippen molar-refractivity contribution in [2.24, 2.45) is 0 Å². The zero-order valence-electron chi connectivity index (χ0n) is 13.9. The van der Waals surface area contributed by atoms with Crippen molar-refractivity contribution < 1.29 is 9.53 Å². The van der Waals surface area contributed by atoms with E-state index < -0.39 is 0 Å². The summed E-state index contributed by atoms with van der Waals surface area (Å²) in [6, 6.07) is 14.9. The molecule has 0 fully saturated rings. The fourth-order valence-electron chi connectivity index (χ4n) is 2.59. The lowest BCUT2D eigenvalue weighted by atomic mass is 10.1. The van der Waals surface area contributed by atoms with Gasteiger partial charge in [0.05, 0.1) is 24.0 Å². The standard InChI is InChI=1S/C19H19N3O3/c1-13-5-4-6-14(11-13)25-10-9-20-18(23)12-17-15-7-2-3-8-16(15)19(24)22-21-17/h2-8,11H,9-10,12H2,1H3,(H,20,23)(H,22,24). The molecule has 3 rings (SSSR count). The summed E-state index contributed by atoms with van der Waals surface area (Å²) in [5.41, 5.74) is 1.41. The molecule has 0 spiro atoms. The Bertz CT molecular complexity index is 950. The summed E-state index contributed by atoms with van der Waals surface area (Å²) in [6.45, 7) is 2.78. The highest BCUT2D eigenvalue weighted by atomic mass is 16.5. The van der Waals surface area contributed by atoms with Gasteiger partial charge in [-0.25, -0.2) is 5.10 Å². The fourth-order valence-corrected chi connectivity index (χ4v) is 2.59. The first kappa shape index (κ1) is 16.7. The molecule has 0 aliphatic heterocycles. The third kappa shape index (κ3) is 4.23. The Labute approximate surface area is 144 Å². The second-order valence-corrected chi connectivity index (χ2v) is 5.74. The minimum absolute atomic E-state index is 0.0989. The van der Waals surface area contributed by atoms with E-state index in [9.17, 15) is 9.59 Å². The zero-order chi connectivity index (χ0) is 17.6. The number of ether oxygens (including phenoxy) is 1. The van der Waals surface area contributed by atoms with E-state index in [2.05, 4.69) is 15.5 Å². The van der Waals surface area contributed by atoms with Crippen LogP contribution in [0.4, 0.5) is 0 Å². The predicted molar refractivity (Wildman–Crippen MR) is 95.8 cm³/mol. The molecule has 0 aliphatic rings. The van der Waals surface area contributed by atoms with Crippen LogP contribution < -0.4 is 15.6 Å². The smallest absolute Gasteiger partial charge is 0.272 e. The molecule has 0 bridgehead atoms. The van der Waals surface area contributed by atoms with Gasteiger partial charge in [-0.1, -0.05) is 30.3 Å². The van der Waals surface area contributed by atoms with Gasteiger partial charge in [0.15, 0.2) is 0 Å². The summed E-state index contributed by atoms with van der Waals surface area (Å²) in [4.78, 5) is 23.9. The van der Waals surface area contributed by atoms with E-state index in [1.807, 2.05) is 37.3 Å². The number of carbonyl (C=O) groups is 1. The first-order chi connectivity index (χ1) is 12.1. The van der Waals surface area contributed by atoms with Crippen LogP contribution in [0.15, 0.2) is 53.3 Å². The lowest BCUT2D eigenvalue weighted by molar-refractivity contribution is -0.120. The number of aryl methyl sites for hydroxylation is 1. The molecule has 0 radical (unpaired) electrons. The van der Waals surface area contributed by atoms with Gasteiger partial charge in [0.1, 0.15) is 12.4 Å². The monoisotopic (exact) mass is 337 g/mol. The average molecular weight is 337 g/mol. The second-order valence-electron chi connectivity index (χ2n) is 5.74. The molecule has 2 aromatic carbocycles. The number of carbonyl (C=O) groups excluding carboxylic acids is 1. The highest BCUT2D eigenvalue weighted by Gasteiger charge is 2.10. The van der Waals surface area contributed by atoms with Gasteiger partial charge < -0.3 is 10.1 Å². The Hall–Kier alpha value is -3.15. The first-order valence-corrected chi connectivity index (χ1v) is 8.06. The minimum Gasteiger partial charge on any atom is -0.492 e. The summed E-state index contributed by atoms with van der Waals surface area (Å²) < 4.78 is 5.60. The van der Waals surface area contributed by atoms with Crippen molar-refractivity contribution in [1.29, 1.82) is 0 Å².